The fourth-order valence-electron chi connectivity index (χ4n) is 2.95. The van der Waals surface area contributed by atoms with E-state index in [1.807, 2.05) is 6.92 Å². The van der Waals surface area contributed by atoms with Gasteiger partial charge in [0.05, 0.1) is 4.90 Å². The van der Waals surface area contributed by atoms with Crippen LogP contribution in [-0.2, 0) is 10.0 Å². The summed E-state index contributed by atoms with van der Waals surface area (Å²) in [6.45, 7) is 3.40. The maximum atomic E-state index is 13.3. The third kappa shape index (κ3) is 4.53. The number of halogens is 1. The van der Waals surface area contributed by atoms with Crippen LogP contribution in [0.2, 0.25) is 0 Å². The Hall–Kier alpha value is -3.79. The number of anilines is 1. The number of aryl methyl sites for hydroxylation is 2. The lowest BCUT2D eigenvalue weighted by molar-refractivity contribution is 0.454. The SMILES string of the molecule is Cc1cc(F)ccc1S(=O)(=O)Nc1ccc(Oc2ccc(-n3ccnc3C)nn2)cc1. The lowest BCUT2D eigenvalue weighted by Crippen LogP contribution is -2.14. The summed E-state index contributed by atoms with van der Waals surface area (Å²) >= 11 is 0. The van der Waals surface area contributed by atoms with Gasteiger partial charge in [0.1, 0.15) is 17.4 Å². The van der Waals surface area contributed by atoms with Crippen molar-refractivity contribution in [3.05, 3.63) is 84.2 Å². The second kappa shape index (κ2) is 8.15. The molecular weight excluding hydrogens is 421 g/mol. The average Bonchev–Trinajstić information content (AvgIpc) is 3.15. The minimum absolute atomic E-state index is 0.0118. The zero-order chi connectivity index (χ0) is 22.0. The van der Waals surface area contributed by atoms with E-state index >= 15 is 0 Å². The summed E-state index contributed by atoms with van der Waals surface area (Å²) in [7, 11) is -3.85. The summed E-state index contributed by atoms with van der Waals surface area (Å²) in [6.07, 6.45) is 3.46. The first-order chi connectivity index (χ1) is 14.8. The molecule has 4 aromatic rings. The van der Waals surface area contributed by atoms with Crippen molar-refractivity contribution in [1.82, 2.24) is 19.7 Å². The highest BCUT2D eigenvalue weighted by Crippen LogP contribution is 2.24. The fraction of sp³-hybridized carbons (Fsp3) is 0.0952. The highest BCUT2D eigenvalue weighted by Gasteiger charge is 2.17. The number of nitrogens with zero attached hydrogens (tertiary/aromatic N) is 4. The minimum Gasteiger partial charge on any atom is -0.438 e. The Labute approximate surface area is 178 Å². The van der Waals surface area contributed by atoms with Gasteiger partial charge in [-0.3, -0.25) is 9.29 Å². The van der Waals surface area contributed by atoms with Gasteiger partial charge in [-0.1, -0.05) is 0 Å². The molecule has 0 aliphatic carbocycles. The molecule has 0 amide bonds. The van der Waals surface area contributed by atoms with Crippen molar-refractivity contribution < 1.29 is 17.5 Å². The monoisotopic (exact) mass is 439 g/mol. The smallest absolute Gasteiger partial charge is 0.262 e. The first kappa shape index (κ1) is 20.5. The second-order valence-electron chi connectivity index (χ2n) is 6.72. The molecular formula is C21H18FN5O3S. The zero-order valence-electron chi connectivity index (χ0n) is 16.7. The Morgan fingerprint density at radius 2 is 1.77 bits per heavy atom. The summed E-state index contributed by atoms with van der Waals surface area (Å²) < 4.78 is 48.3. The molecule has 8 nitrogen and oxygen atoms in total. The van der Waals surface area contributed by atoms with Crippen molar-refractivity contribution in [3.63, 3.8) is 0 Å². The third-order valence-corrected chi connectivity index (χ3v) is 6.00. The predicted octanol–water partition coefficient (Wildman–Crippen LogP) is 4.01. The van der Waals surface area contributed by atoms with Crippen molar-refractivity contribution in [1.29, 1.82) is 0 Å². The molecule has 158 valence electrons. The van der Waals surface area contributed by atoms with Gasteiger partial charge in [0.25, 0.3) is 10.0 Å². The molecule has 0 fully saturated rings. The first-order valence-electron chi connectivity index (χ1n) is 9.23. The summed E-state index contributed by atoms with van der Waals surface area (Å²) in [5, 5.41) is 8.17. The predicted molar refractivity (Wildman–Crippen MR) is 112 cm³/mol. The van der Waals surface area contributed by atoms with Crippen LogP contribution in [0.25, 0.3) is 5.82 Å². The quantitative estimate of drug-likeness (QED) is 0.487. The molecule has 10 heteroatoms. The van der Waals surface area contributed by atoms with Crippen molar-refractivity contribution in [3.8, 4) is 17.4 Å². The van der Waals surface area contributed by atoms with Crippen LogP contribution in [0.1, 0.15) is 11.4 Å². The van der Waals surface area contributed by atoms with E-state index in [-0.39, 0.29) is 10.8 Å². The number of imidazole rings is 1. The van der Waals surface area contributed by atoms with Crippen LogP contribution < -0.4 is 9.46 Å². The van der Waals surface area contributed by atoms with E-state index < -0.39 is 15.8 Å². The summed E-state index contributed by atoms with van der Waals surface area (Å²) in [5.74, 6) is 1.66. The molecule has 2 heterocycles. The van der Waals surface area contributed by atoms with Crippen molar-refractivity contribution >= 4 is 15.7 Å². The Kier molecular flexibility index (Phi) is 5.38. The van der Waals surface area contributed by atoms with Gasteiger partial charge in [0.2, 0.25) is 5.88 Å². The van der Waals surface area contributed by atoms with E-state index in [0.717, 1.165) is 11.9 Å². The van der Waals surface area contributed by atoms with E-state index in [1.165, 1.54) is 19.1 Å². The number of nitrogens with one attached hydrogen (secondary N) is 1. The van der Waals surface area contributed by atoms with Crippen LogP contribution in [0, 0.1) is 19.7 Å². The Morgan fingerprint density at radius 3 is 2.39 bits per heavy atom. The van der Waals surface area contributed by atoms with E-state index in [2.05, 4.69) is 19.9 Å². The molecule has 0 aliphatic rings. The third-order valence-electron chi connectivity index (χ3n) is 4.45. The molecule has 0 radical (unpaired) electrons. The van der Waals surface area contributed by atoms with Crippen LogP contribution in [0.15, 0.2) is 71.9 Å². The Morgan fingerprint density at radius 1 is 1.00 bits per heavy atom. The minimum atomic E-state index is -3.85. The van der Waals surface area contributed by atoms with Gasteiger partial charge < -0.3 is 4.74 Å². The molecule has 0 bridgehead atoms. The van der Waals surface area contributed by atoms with Gasteiger partial charge in [0, 0.05) is 24.1 Å². The molecule has 2 aromatic heterocycles. The van der Waals surface area contributed by atoms with Gasteiger partial charge in [-0.25, -0.2) is 17.8 Å². The van der Waals surface area contributed by atoms with E-state index in [9.17, 15) is 12.8 Å². The molecule has 0 aliphatic heterocycles. The number of hydrogen-bond donors (Lipinski definition) is 1. The van der Waals surface area contributed by atoms with Crippen LogP contribution in [0.5, 0.6) is 11.6 Å². The molecule has 2 aromatic carbocycles. The summed E-state index contributed by atoms with van der Waals surface area (Å²) in [5.41, 5.74) is 0.661. The molecule has 0 saturated carbocycles. The molecule has 4 rings (SSSR count). The van der Waals surface area contributed by atoms with E-state index in [1.54, 1.807) is 53.4 Å². The van der Waals surface area contributed by atoms with Gasteiger partial charge in [-0.2, -0.15) is 0 Å². The molecule has 0 spiro atoms. The van der Waals surface area contributed by atoms with Crippen molar-refractivity contribution in [2.45, 2.75) is 18.7 Å². The standard InChI is InChI=1S/C21H18FN5O3S/c1-14-13-16(22)3-8-19(14)31(28,29)26-17-4-6-18(7-5-17)30-21-10-9-20(24-25-21)27-12-11-23-15(27)2/h3-13,26H,1-2H3. The molecule has 0 unspecified atom stereocenters. The van der Waals surface area contributed by atoms with Gasteiger partial charge in [-0.05, 0) is 67.9 Å². The van der Waals surface area contributed by atoms with Crippen molar-refractivity contribution in [2.24, 2.45) is 0 Å². The fourth-order valence-corrected chi connectivity index (χ4v) is 4.24. The Balaban J connectivity index is 1.45. The highest BCUT2D eigenvalue weighted by atomic mass is 32.2. The molecule has 0 atom stereocenters. The van der Waals surface area contributed by atoms with E-state index in [4.69, 9.17) is 4.74 Å². The summed E-state index contributed by atoms with van der Waals surface area (Å²) in [6, 6.07) is 13.3. The Bertz CT molecular complexity index is 1320. The average molecular weight is 439 g/mol. The second-order valence-corrected chi connectivity index (χ2v) is 8.37. The van der Waals surface area contributed by atoms with Crippen LogP contribution in [-0.4, -0.2) is 28.2 Å². The zero-order valence-corrected chi connectivity index (χ0v) is 17.5. The number of ether oxygens (including phenoxy) is 1. The first-order valence-corrected chi connectivity index (χ1v) is 10.7. The molecule has 31 heavy (non-hydrogen) atoms. The molecule has 0 saturated heterocycles. The van der Waals surface area contributed by atoms with Gasteiger partial charge in [-0.15, -0.1) is 10.2 Å². The lowest BCUT2D eigenvalue weighted by Gasteiger charge is -2.11. The van der Waals surface area contributed by atoms with Gasteiger partial charge in [0.15, 0.2) is 5.82 Å². The number of rotatable bonds is 6. The van der Waals surface area contributed by atoms with Gasteiger partial charge >= 0.3 is 0 Å². The van der Waals surface area contributed by atoms with Crippen LogP contribution in [0.4, 0.5) is 10.1 Å². The highest BCUT2D eigenvalue weighted by molar-refractivity contribution is 7.92. The number of sulfonamides is 1. The van der Waals surface area contributed by atoms with Crippen LogP contribution in [0.3, 0.4) is 0 Å². The molecule has 1 N–H and O–H groups in total. The maximum Gasteiger partial charge on any atom is 0.262 e. The number of hydrogen-bond acceptors (Lipinski definition) is 6. The largest absolute Gasteiger partial charge is 0.438 e. The van der Waals surface area contributed by atoms with Crippen molar-refractivity contribution in [2.75, 3.05) is 4.72 Å². The summed E-state index contributed by atoms with van der Waals surface area (Å²) in [4.78, 5) is 4.15. The van der Waals surface area contributed by atoms with Crippen LogP contribution >= 0.6 is 0 Å². The topological polar surface area (TPSA) is 99.0 Å². The van der Waals surface area contributed by atoms with E-state index in [0.29, 0.717) is 22.8 Å². The normalized spacial score (nSPS) is 11.3. The lowest BCUT2D eigenvalue weighted by atomic mass is 10.2. The number of aromatic nitrogens is 4. The maximum absolute atomic E-state index is 13.3. The number of benzene rings is 2.